The van der Waals surface area contributed by atoms with Crippen LogP contribution in [0.2, 0.25) is 0 Å². The number of nitrogens with zero attached hydrogens (tertiary/aromatic N) is 1. The molecule has 1 aromatic rings. The zero-order valence-corrected chi connectivity index (χ0v) is 10.7. The van der Waals surface area contributed by atoms with Gasteiger partial charge in [0.05, 0.1) is 0 Å². The molecule has 1 fully saturated rings. The zero-order chi connectivity index (χ0) is 13.2. The van der Waals surface area contributed by atoms with Crippen molar-refractivity contribution in [2.75, 3.05) is 6.54 Å². The summed E-state index contributed by atoms with van der Waals surface area (Å²) in [4.78, 5) is 13.4. The molecule has 4 nitrogen and oxygen atoms in total. The standard InChI is InChI=1S/C14H20N2O2/c1-2-12-8-14(15,13(17)18)10-16(12)9-11-6-4-3-5-7-11/h3-7,12H,2,8-10,15H2,1H3,(H,17,18)/t12-,14-/m1/s1. The van der Waals surface area contributed by atoms with Gasteiger partial charge in [0, 0.05) is 19.1 Å². The number of benzene rings is 1. The predicted molar refractivity (Wildman–Crippen MR) is 70.1 cm³/mol. The van der Waals surface area contributed by atoms with E-state index in [0.29, 0.717) is 13.0 Å². The normalized spacial score (nSPS) is 28.4. The van der Waals surface area contributed by atoms with E-state index in [9.17, 15) is 9.90 Å². The number of carboxylic acid groups (broad SMARTS) is 1. The van der Waals surface area contributed by atoms with E-state index in [2.05, 4.69) is 24.0 Å². The maximum atomic E-state index is 11.2. The summed E-state index contributed by atoms with van der Waals surface area (Å²) >= 11 is 0. The van der Waals surface area contributed by atoms with Gasteiger partial charge >= 0.3 is 5.97 Å². The largest absolute Gasteiger partial charge is 0.480 e. The third kappa shape index (κ3) is 2.54. The fourth-order valence-electron chi connectivity index (χ4n) is 2.67. The van der Waals surface area contributed by atoms with Crippen molar-refractivity contribution in [2.45, 2.75) is 37.9 Å². The Kier molecular flexibility index (Phi) is 3.68. The summed E-state index contributed by atoms with van der Waals surface area (Å²) in [6.45, 7) is 3.28. The molecule has 0 bridgehead atoms. The molecule has 0 amide bonds. The number of nitrogens with two attached hydrogens (primary N) is 1. The van der Waals surface area contributed by atoms with Gasteiger partial charge in [-0.1, -0.05) is 37.3 Å². The van der Waals surface area contributed by atoms with E-state index in [4.69, 9.17) is 5.73 Å². The van der Waals surface area contributed by atoms with Gasteiger partial charge in [-0.25, -0.2) is 0 Å². The molecule has 0 aliphatic carbocycles. The fraction of sp³-hybridized carbons (Fsp3) is 0.500. The number of rotatable bonds is 4. The Morgan fingerprint density at radius 1 is 1.50 bits per heavy atom. The van der Waals surface area contributed by atoms with Gasteiger partial charge in [0.1, 0.15) is 5.54 Å². The van der Waals surface area contributed by atoms with Crippen molar-refractivity contribution in [3.8, 4) is 0 Å². The number of aliphatic carboxylic acids is 1. The summed E-state index contributed by atoms with van der Waals surface area (Å²) in [6, 6.07) is 10.4. The van der Waals surface area contributed by atoms with Crippen LogP contribution in [0.15, 0.2) is 30.3 Å². The lowest BCUT2D eigenvalue weighted by molar-refractivity contribution is -0.142. The molecule has 2 atom stereocenters. The fourth-order valence-corrected chi connectivity index (χ4v) is 2.67. The van der Waals surface area contributed by atoms with Gasteiger partial charge < -0.3 is 10.8 Å². The van der Waals surface area contributed by atoms with E-state index in [-0.39, 0.29) is 6.04 Å². The van der Waals surface area contributed by atoms with E-state index in [1.807, 2.05) is 18.2 Å². The van der Waals surface area contributed by atoms with E-state index >= 15 is 0 Å². The first kappa shape index (κ1) is 13.1. The van der Waals surface area contributed by atoms with Crippen LogP contribution in [0.25, 0.3) is 0 Å². The first-order valence-electron chi connectivity index (χ1n) is 6.35. The van der Waals surface area contributed by atoms with Gasteiger partial charge in [0.25, 0.3) is 0 Å². The topological polar surface area (TPSA) is 66.6 Å². The first-order chi connectivity index (χ1) is 8.55. The lowest BCUT2D eigenvalue weighted by Gasteiger charge is -2.23. The molecule has 1 aliphatic heterocycles. The van der Waals surface area contributed by atoms with Gasteiger partial charge in [-0.2, -0.15) is 0 Å². The Balaban J connectivity index is 2.11. The van der Waals surface area contributed by atoms with E-state index in [0.717, 1.165) is 13.0 Å². The maximum Gasteiger partial charge on any atom is 0.325 e. The Morgan fingerprint density at radius 2 is 2.17 bits per heavy atom. The highest BCUT2D eigenvalue weighted by molar-refractivity contribution is 5.79. The Hall–Kier alpha value is -1.39. The molecule has 0 unspecified atom stereocenters. The molecular formula is C14H20N2O2. The minimum Gasteiger partial charge on any atom is -0.480 e. The Bertz CT molecular complexity index is 421. The molecular weight excluding hydrogens is 228 g/mol. The molecule has 0 spiro atoms. The highest BCUT2D eigenvalue weighted by Gasteiger charge is 2.45. The number of hydrogen-bond donors (Lipinski definition) is 2. The van der Waals surface area contributed by atoms with Crippen molar-refractivity contribution in [3.05, 3.63) is 35.9 Å². The smallest absolute Gasteiger partial charge is 0.325 e. The molecule has 0 radical (unpaired) electrons. The molecule has 1 aliphatic rings. The maximum absolute atomic E-state index is 11.2. The van der Waals surface area contributed by atoms with E-state index < -0.39 is 11.5 Å². The summed E-state index contributed by atoms with van der Waals surface area (Å²) in [5, 5.41) is 9.22. The molecule has 0 aromatic heterocycles. The quantitative estimate of drug-likeness (QED) is 0.846. The van der Waals surface area contributed by atoms with Crippen LogP contribution in [0.1, 0.15) is 25.3 Å². The number of likely N-dealkylation sites (tertiary alicyclic amines) is 1. The molecule has 3 N–H and O–H groups in total. The number of carboxylic acids is 1. The van der Waals surface area contributed by atoms with Gasteiger partial charge in [0.2, 0.25) is 0 Å². The van der Waals surface area contributed by atoms with E-state index in [1.165, 1.54) is 5.56 Å². The third-order valence-electron chi connectivity index (χ3n) is 3.73. The molecule has 1 heterocycles. The second-order valence-corrected chi connectivity index (χ2v) is 5.12. The van der Waals surface area contributed by atoms with Crippen molar-refractivity contribution in [1.29, 1.82) is 0 Å². The SMILES string of the molecule is CC[C@@H]1C[C@](N)(C(=O)O)CN1Cc1ccccc1. The minimum absolute atomic E-state index is 0.256. The summed E-state index contributed by atoms with van der Waals surface area (Å²) in [5.74, 6) is -0.892. The number of hydrogen-bond acceptors (Lipinski definition) is 3. The first-order valence-corrected chi connectivity index (χ1v) is 6.35. The van der Waals surface area contributed by atoms with Crippen LogP contribution in [0, 0.1) is 0 Å². The molecule has 1 saturated heterocycles. The van der Waals surface area contributed by atoms with Crippen molar-refractivity contribution in [3.63, 3.8) is 0 Å². The predicted octanol–water partition coefficient (Wildman–Crippen LogP) is 1.45. The summed E-state index contributed by atoms with van der Waals surface area (Å²) in [7, 11) is 0. The lowest BCUT2D eigenvalue weighted by atomic mass is 9.97. The monoisotopic (exact) mass is 248 g/mol. The van der Waals surface area contributed by atoms with Crippen molar-refractivity contribution < 1.29 is 9.90 Å². The third-order valence-corrected chi connectivity index (χ3v) is 3.73. The van der Waals surface area contributed by atoms with Crippen molar-refractivity contribution in [1.82, 2.24) is 4.90 Å². The summed E-state index contributed by atoms with van der Waals surface area (Å²) in [6.07, 6.45) is 1.46. The molecule has 0 saturated carbocycles. The minimum atomic E-state index is -1.09. The average molecular weight is 248 g/mol. The molecule has 4 heteroatoms. The van der Waals surface area contributed by atoms with Crippen LogP contribution < -0.4 is 5.73 Å². The average Bonchev–Trinajstić information content (AvgIpc) is 2.68. The molecule has 18 heavy (non-hydrogen) atoms. The van der Waals surface area contributed by atoms with Crippen LogP contribution in [-0.2, 0) is 11.3 Å². The van der Waals surface area contributed by atoms with E-state index in [1.54, 1.807) is 0 Å². The zero-order valence-electron chi connectivity index (χ0n) is 10.7. The van der Waals surface area contributed by atoms with Crippen molar-refractivity contribution in [2.24, 2.45) is 5.73 Å². The Labute approximate surface area is 107 Å². The van der Waals surface area contributed by atoms with Crippen LogP contribution in [0.3, 0.4) is 0 Å². The lowest BCUT2D eigenvalue weighted by Crippen LogP contribution is -2.50. The van der Waals surface area contributed by atoms with Gasteiger partial charge in [-0.05, 0) is 18.4 Å². The molecule has 1 aromatic carbocycles. The van der Waals surface area contributed by atoms with Crippen LogP contribution >= 0.6 is 0 Å². The second kappa shape index (κ2) is 5.08. The van der Waals surface area contributed by atoms with Gasteiger partial charge in [-0.15, -0.1) is 0 Å². The summed E-state index contributed by atoms with van der Waals surface area (Å²) < 4.78 is 0. The Morgan fingerprint density at radius 3 is 2.72 bits per heavy atom. The van der Waals surface area contributed by atoms with Gasteiger partial charge in [0.15, 0.2) is 0 Å². The van der Waals surface area contributed by atoms with Gasteiger partial charge in [-0.3, -0.25) is 9.69 Å². The van der Waals surface area contributed by atoms with Crippen LogP contribution in [-0.4, -0.2) is 34.1 Å². The van der Waals surface area contributed by atoms with Crippen molar-refractivity contribution >= 4 is 5.97 Å². The van der Waals surface area contributed by atoms with Crippen LogP contribution in [0.4, 0.5) is 0 Å². The molecule has 2 rings (SSSR count). The summed E-state index contributed by atoms with van der Waals surface area (Å²) in [5.41, 5.74) is 6.08. The number of carbonyl (C=O) groups is 1. The molecule has 98 valence electrons. The second-order valence-electron chi connectivity index (χ2n) is 5.12. The highest BCUT2D eigenvalue weighted by Crippen LogP contribution is 2.28. The highest BCUT2D eigenvalue weighted by atomic mass is 16.4. The van der Waals surface area contributed by atoms with Crippen LogP contribution in [0.5, 0.6) is 0 Å².